The maximum absolute atomic E-state index is 5.97. The van der Waals surface area contributed by atoms with Crippen LogP contribution >= 0.6 is 0 Å². The maximum Gasteiger partial charge on any atom is 0.242 e. The highest BCUT2D eigenvalue weighted by Crippen LogP contribution is 2.31. The lowest BCUT2D eigenvalue weighted by Gasteiger charge is -2.13. The Morgan fingerprint density at radius 3 is 2.50 bits per heavy atom. The minimum Gasteiger partial charge on any atom is -0.437 e. The Labute approximate surface area is 108 Å². The van der Waals surface area contributed by atoms with E-state index in [4.69, 9.17) is 10.5 Å². The largest absolute Gasteiger partial charge is 0.437 e. The van der Waals surface area contributed by atoms with Gasteiger partial charge in [-0.25, -0.2) is 4.98 Å². The number of nitrogens with two attached hydrogens (primary N) is 1. The monoisotopic (exact) mass is 242 g/mol. The molecule has 18 heavy (non-hydrogen) atoms. The summed E-state index contributed by atoms with van der Waals surface area (Å²) in [7, 11) is 0. The third kappa shape index (κ3) is 2.30. The number of hydrogen-bond donors (Lipinski definition) is 1. The summed E-state index contributed by atoms with van der Waals surface area (Å²) >= 11 is 0. The average Bonchev–Trinajstić information content (AvgIpc) is 2.31. The van der Waals surface area contributed by atoms with Crippen molar-refractivity contribution >= 4 is 5.69 Å². The van der Waals surface area contributed by atoms with Gasteiger partial charge in [0, 0.05) is 6.20 Å². The van der Waals surface area contributed by atoms with Crippen molar-refractivity contribution in [1.29, 1.82) is 0 Å². The van der Waals surface area contributed by atoms with Crippen molar-refractivity contribution < 1.29 is 4.74 Å². The van der Waals surface area contributed by atoms with Crippen molar-refractivity contribution in [3.05, 3.63) is 46.6 Å². The van der Waals surface area contributed by atoms with Gasteiger partial charge in [0.2, 0.25) is 5.88 Å². The fourth-order valence-electron chi connectivity index (χ4n) is 1.84. The van der Waals surface area contributed by atoms with Crippen LogP contribution in [0.4, 0.5) is 5.69 Å². The molecule has 94 valence electrons. The molecule has 0 bridgehead atoms. The molecule has 0 aliphatic heterocycles. The standard InChI is InChI=1S/C15H18N2O/c1-9-7-11(3)12(4)13(8-9)18-15-14(16)10(2)5-6-17-15/h5-8H,16H2,1-4H3. The van der Waals surface area contributed by atoms with Crippen LogP contribution in [0, 0.1) is 27.7 Å². The van der Waals surface area contributed by atoms with Gasteiger partial charge in [0.05, 0.1) is 5.69 Å². The molecule has 0 spiro atoms. The highest BCUT2D eigenvalue weighted by Gasteiger charge is 2.09. The van der Waals surface area contributed by atoms with E-state index in [1.807, 2.05) is 32.9 Å². The van der Waals surface area contributed by atoms with Crippen LogP contribution in [0.2, 0.25) is 0 Å². The van der Waals surface area contributed by atoms with Crippen molar-refractivity contribution in [3.8, 4) is 11.6 Å². The number of hydrogen-bond acceptors (Lipinski definition) is 3. The number of aryl methyl sites for hydroxylation is 3. The molecule has 0 saturated carbocycles. The second-order valence-electron chi connectivity index (χ2n) is 4.65. The van der Waals surface area contributed by atoms with E-state index in [2.05, 4.69) is 18.0 Å². The zero-order valence-corrected chi connectivity index (χ0v) is 11.2. The SMILES string of the molecule is Cc1cc(C)c(C)c(Oc2nccc(C)c2N)c1. The van der Waals surface area contributed by atoms with Gasteiger partial charge in [-0.1, -0.05) is 6.07 Å². The normalized spacial score (nSPS) is 10.4. The Morgan fingerprint density at radius 2 is 1.78 bits per heavy atom. The molecule has 0 atom stereocenters. The minimum atomic E-state index is 0.475. The fourth-order valence-corrected chi connectivity index (χ4v) is 1.84. The predicted octanol–water partition coefficient (Wildman–Crippen LogP) is 3.69. The van der Waals surface area contributed by atoms with Crippen molar-refractivity contribution in [3.63, 3.8) is 0 Å². The smallest absolute Gasteiger partial charge is 0.242 e. The first-order chi connectivity index (χ1) is 8.49. The highest BCUT2D eigenvalue weighted by molar-refractivity contribution is 5.56. The summed E-state index contributed by atoms with van der Waals surface area (Å²) in [5.41, 5.74) is 11.0. The summed E-state index contributed by atoms with van der Waals surface area (Å²) in [4.78, 5) is 4.19. The van der Waals surface area contributed by atoms with E-state index in [0.29, 0.717) is 11.6 Å². The molecule has 2 rings (SSSR count). The second kappa shape index (κ2) is 4.69. The summed E-state index contributed by atoms with van der Waals surface area (Å²) in [5.74, 6) is 1.29. The number of anilines is 1. The Balaban J connectivity index is 2.43. The number of rotatable bonds is 2. The fraction of sp³-hybridized carbons (Fsp3) is 0.267. The maximum atomic E-state index is 5.97. The van der Waals surface area contributed by atoms with E-state index in [1.54, 1.807) is 6.20 Å². The number of benzene rings is 1. The molecule has 0 aliphatic rings. The first kappa shape index (κ1) is 12.4. The number of ether oxygens (including phenoxy) is 1. The first-order valence-electron chi connectivity index (χ1n) is 5.96. The molecule has 0 radical (unpaired) electrons. The summed E-state index contributed by atoms with van der Waals surface area (Å²) < 4.78 is 5.85. The van der Waals surface area contributed by atoms with Crippen LogP contribution < -0.4 is 10.5 Å². The molecule has 1 aromatic carbocycles. The van der Waals surface area contributed by atoms with Crippen LogP contribution in [0.3, 0.4) is 0 Å². The van der Waals surface area contributed by atoms with E-state index >= 15 is 0 Å². The molecule has 0 unspecified atom stereocenters. The molecule has 1 aromatic heterocycles. The van der Waals surface area contributed by atoms with Crippen LogP contribution in [-0.2, 0) is 0 Å². The Hall–Kier alpha value is -2.03. The van der Waals surface area contributed by atoms with E-state index in [-0.39, 0.29) is 0 Å². The van der Waals surface area contributed by atoms with Crippen LogP contribution in [-0.4, -0.2) is 4.98 Å². The van der Waals surface area contributed by atoms with Gasteiger partial charge in [0.1, 0.15) is 5.75 Å². The average molecular weight is 242 g/mol. The summed E-state index contributed by atoms with van der Waals surface area (Å²) in [5, 5.41) is 0. The van der Waals surface area contributed by atoms with Gasteiger partial charge in [-0.05, 0) is 62.1 Å². The lowest BCUT2D eigenvalue weighted by Crippen LogP contribution is -1.99. The molecule has 2 aromatic rings. The van der Waals surface area contributed by atoms with Gasteiger partial charge in [0.25, 0.3) is 0 Å². The van der Waals surface area contributed by atoms with Gasteiger partial charge in [-0.15, -0.1) is 0 Å². The van der Waals surface area contributed by atoms with Gasteiger partial charge >= 0.3 is 0 Å². The third-order valence-corrected chi connectivity index (χ3v) is 3.14. The number of aromatic nitrogens is 1. The number of pyridine rings is 1. The first-order valence-corrected chi connectivity index (χ1v) is 5.96. The van der Waals surface area contributed by atoms with Gasteiger partial charge in [-0.3, -0.25) is 0 Å². The third-order valence-electron chi connectivity index (χ3n) is 3.14. The van der Waals surface area contributed by atoms with E-state index in [9.17, 15) is 0 Å². The molecule has 3 nitrogen and oxygen atoms in total. The Bertz CT molecular complexity index is 591. The van der Waals surface area contributed by atoms with Crippen molar-refractivity contribution in [2.75, 3.05) is 5.73 Å². The second-order valence-corrected chi connectivity index (χ2v) is 4.65. The van der Waals surface area contributed by atoms with E-state index in [0.717, 1.165) is 16.9 Å². The van der Waals surface area contributed by atoms with Crippen LogP contribution in [0.5, 0.6) is 11.6 Å². The molecule has 3 heteroatoms. The minimum absolute atomic E-state index is 0.475. The Kier molecular flexibility index (Phi) is 3.24. The van der Waals surface area contributed by atoms with Crippen molar-refractivity contribution in [2.45, 2.75) is 27.7 Å². The van der Waals surface area contributed by atoms with Gasteiger partial charge in [0.15, 0.2) is 0 Å². The summed E-state index contributed by atoms with van der Waals surface area (Å²) in [6, 6.07) is 6.01. The molecular formula is C15H18N2O. The predicted molar refractivity (Wildman–Crippen MR) is 74.1 cm³/mol. The quantitative estimate of drug-likeness (QED) is 0.873. The molecule has 1 heterocycles. The summed E-state index contributed by atoms with van der Waals surface area (Å²) in [6.45, 7) is 8.10. The topological polar surface area (TPSA) is 48.1 Å². The van der Waals surface area contributed by atoms with Gasteiger partial charge in [-0.2, -0.15) is 0 Å². The molecule has 0 aliphatic carbocycles. The lowest BCUT2D eigenvalue weighted by molar-refractivity contribution is 0.461. The van der Waals surface area contributed by atoms with Crippen molar-refractivity contribution in [1.82, 2.24) is 4.98 Å². The van der Waals surface area contributed by atoms with E-state index in [1.165, 1.54) is 11.1 Å². The Morgan fingerprint density at radius 1 is 1.06 bits per heavy atom. The van der Waals surface area contributed by atoms with Crippen LogP contribution in [0.25, 0.3) is 0 Å². The number of nitrogen functional groups attached to an aromatic ring is 1. The molecule has 0 saturated heterocycles. The number of nitrogens with zero attached hydrogens (tertiary/aromatic N) is 1. The van der Waals surface area contributed by atoms with E-state index < -0.39 is 0 Å². The van der Waals surface area contributed by atoms with Crippen molar-refractivity contribution in [2.24, 2.45) is 0 Å². The molecule has 0 amide bonds. The zero-order valence-electron chi connectivity index (χ0n) is 11.2. The van der Waals surface area contributed by atoms with Crippen LogP contribution in [0.1, 0.15) is 22.3 Å². The highest BCUT2D eigenvalue weighted by atomic mass is 16.5. The van der Waals surface area contributed by atoms with Crippen LogP contribution in [0.15, 0.2) is 24.4 Å². The molecule has 0 fully saturated rings. The van der Waals surface area contributed by atoms with Gasteiger partial charge < -0.3 is 10.5 Å². The molecular weight excluding hydrogens is 224 g/mol. The molecule has 2 N–H and O–H groups in total. The zero-order chi connectivity index (χ0) is 13.3. The lowest BCUT2D eigenvalue weighted by atomic mass is 10.1. The summed E-state index contributed by atoms with van der Waals surface area (Å²) in [6.07, 6.45) is 1.71.